The number of thioether (sulfide) groups is 2. The summed E-state index contributed by atoms with van der Waals surface area (Å²) in [7, 11) is 4.97. The van der Waals surface area contributed by atoms with Crippen LogP contribution in [0.3, 0.4) is 0 Å². The first-order valence-corrected chi connectivity index (χ1v) is 18.8. The molecule has 1 fully saturated rings. The van der Waals surface area contributed by atoms with E-state index in [1.165, 1.54) is 7.05 Å². The van der Waals surface area contributed by atoms with Gasteiger partial charge < -0.3 is 46.6 Å². The van der Waals surface area contributed by atoms with Gasteiger partial charge in [-0.05, 0) is 43.3 Å². The van der Waals surface area contributed by atoms with E-state index in [0.717, 1.165) is 47.2 Å². The molecule has 1 atom stereocenters. The SMILES string of the molecule is CCC(=O)NC([O-])=NC.CCC(=O)NC([O-])=NC(=N)N=C(N)CNC.CN(CCOc1ccc(CC2SC(=O)NC2=O)cc1)c1ccccn1.O=C1CSC([O-])=N1. The topological polar surface area (TPSA) is 327 Å². The maximum Gasteiger partial charge on any atom is 0.286 e. The third kappa shape index (κ3) is 22.2. The van der Waals surface area contributed by atoms with Gasteiger partial charge in [0.05, 0.1) is 36.1 Å². The third-order valence-corrected chi connectivity index (χ3v) is 8.25. The van der Waals surface area contributed by atoms with Gasteiger partial charge in [0, 0.05) is 38.4 Å². The summed E-state index contributed by atoms with van der Waals surface area (Å²) in [6.45, 7) is 4.81. The summed E-state index contributed by atoms with van der Waals surface area (Å²) >= 11 is 2.00. The number of aromatic nitrogens is 1. The number of amidine groups is 3. The zero-order chi connectivity index (χ0) is 42.8. The molecule has 23 heteroatoms. The first-order valence-electron chi connectivity index (χ1n) is 16.9. The van der Waals surface area contributed by atoms with Gasteiger partial charge in [-0.1, -0.05) is 43.8 Å². The molecule has 0 radical (unpaired) electrons. The van der Waals surface area contributed by atoms with Crippen LogP contribution < -0.4 is 52.0 Å². The normalized spacial score (nSPS) is 15.0. The van der Waals surface area contributed by atoms with E-state index >= 15 is 0 Å². The molecule has 5 amide bonds. The van der Waals surface area contributed by atoms with E-state index in [1.807, 2.05) is 65.0 Å². The summed E-state index contributed by atoms with van der Waals surface area (Å²) in [5.41, 5.74) is 6.38. The fourth-order valence-electron chi connectivity index (χ4n) is 3.72. The summed E-state index contributed by atoms with van der Waals surface area (Å²) in [5.74, 6) is 0.210. The van der Waals surface area contributed by atoms with Crippen molar-refractivity contribution in [3.05, 3.63) is 54.2 Å². The van der Waals surface area contributed by atoms with Gasteiger partial charge in [-0.15, -0.1) is 11.8 Å². The van der Waals surface area contributed by atoms with Crippen molar-refractivity contribution >= 4 is 87.3 Å². The molecule has 1 saturated heterocycles. The number of likely N-dealkylation sites (N-methyl/N-ethyl adjacent to an activating group) is 2. The van der Waals surface area contributed by atoms with Gasteiger partial charge in [-0.2, -0.15) is 4.99 Å². The van der Waals surface area contributed by atoms with E-state index < -0.39 is 23.9 Å². The molecule has 7 N–H and O–H groups in total. The Balaban J connectivity index is 0.000000432. The summed E-state index contributed by atoms with van der Waals surface area (Å²) in [6.07, 6.45) is 2.77. The van der Waals surface area contributed by atoms with E-state index in [9.17, 15) is 39.3 Å². The van der Waals surface area contributed by atoms with Crippen LogP contribution in [0.5, 0.6) is 5.75 Å². The van der Waals surface area contributed by atoms with Crippen molar-refractivity contribution < 1.29 is 44.0 Å². The lowest BCUT2D eigenvalue weighted by Gasteiger charge is -2.18. The molecule has 0 spiro atoms. The average molecular weight is 830 g/mol. The minimum Gasteiger partial charge on any atom is -0.854 e. The largest absolute Gasteiger partial charge is 0.854 e. The lowest BCUT2D eigenvalue weighted by atomic mass is 10.1. The van der Waals surface area contributed by atoms with E-state index in [2.05, 4.69) is 35.6 Å². The molecule has 3 heterocycles. The van der Waals surface area contributed by atoms with Crippen molar-refractivity contribution in [1.29, 1.82) is 5.41 Å². The van der Waals surface area contributed by atoms with Crippen molar-refractivity contribution in [2.45, 2.75) is 38.4 Å². The number of nitrogens with two attached hydrogens (primary N) is 1. The predicted molar refractivity (Wildman–Crippen MR) is 214 cm³/mol. The van der Waals surface area contributed by atoms with Gasteiger partial charge in [0.15, 0.2) is 0 Å². The fourth-order valence-corrected chi connectivity index (χ4v) is 5.06. The van der Waals surface area contributed by atoms with Crippen LogP contribution in [-0.4, -0.2) is 115 Å². The second-order valence-electron chi connectivity index (χ2n) is 11.0. The van der Waals surface area contributed by atoms with E-state index in [-0.39, 0.29) is 58.0 Å². The van der Waals surface area contributed by atoms with Gasteiger partial charge in [-0.3, -0.25) is 39.7 Å². The second-order valence-corrected chi connectivity index (χ2v) is 13.1. The summed E-state index contributed by atoms with van der Waals surface area (Å²) < 4.78 is 5.75. The lowest BCUT2D eigenvalue weighted by molar-refractivity contribution is -0.222. The molecule has 0 bridgehead atoms. The Kier molecular flexibility index (Phi) is 23.6. The second kappa shape index (κ2) is 27.5. The summed E-state index contributed by atoms with van der Waals surface area (Å²) in [4.78, 5) is 73.3. The van der Waals surface area contributed by atoms with Crippen molar-refractivity contribution in [3.8, 4) is 5.75 Å². The molecular weight excluding hydrogens is 785 g/mol. The summed E-state index contributed by atoms with van der Waals surface area (Å²) in [5, 5.41) is 46.5. The molecular formula is C34H45N12O9S2-3. The van der Waals surface area contributed by atoms with E-state index in [0.29, 0.717) is 19.4 Å². The highest BCUT2D eigenvalue weighted by Crippen LogP contribution is 2.24. The number of amides is 5. The Morgan fingerprint density at radius 1 is 1.05 bits per heavy atom. The van der Waals surface area contributed by atoms with Gasteiger partial charge in [-0.25, -0.2) is 15.0 Å². The Hall–Kier alpha value is -6.07. The number of rotatable bonds is 11. The van der Waals surface area contributed by atoms with Crippen LogP contribution >= 0.6 is 23.5 Å². The highest BCUT2D eigenvalue weighted by atomic mass is 32.2. The molecule has 1 unspecified atom stereocenters. The van der Waals surface area contributed by atoms with E-state index in [4.69, 9.17) is 15.9 Å². The lowest BCUT2D eigenvalue weighted by Crippen LogP contribution is -2.39. The number of imide groups is 1. The van der Waals surface area contributed by atoms with Crippen molar-refractivity contribution in [1.82, 2.24) is 26.3 Å². The molecule has 0 saturated carbocycles. The molecule has 1 aromatic heterocycles. The van der Waals surface area contributed by atoms with Gasteiger partial charge >= 0.3 is 0 Å². The highest BCUT2D eigenvalue weighted by Gasteiger charge is 2.31. The number of hydrogen-bond acceptors (Lipinski definition) is 16. The molecule has 4 rings (SSSR count). The number of guanidine groups is 1. The number of nitrogens with zero attached hydrogens (tertiary/aromatic N) is 6. The van der Waals surface area contributed by atoms with Crippen LogP contribution in [0.2, 0.25) is 0 Å². The number of aliphatic imine (C=N–C) groups is 4. The Morgan fingerprint density at radius 2 is 1.70 bits per heavy atom. The third-order valence-electron chi connectivity index (χ3n) is 6.54. The molecule has 57 heavy (non-hydrogen) atoms. The fraction of sp³-hybridized carbons (Fsp3) is 0.382. The zero-order valence-corrected chi connectivity index (χ0v) is 33.5. The van der Waals surface area contributed by atoms with Crippen LogP contribution in [0, 0.1) is 5.41 Å². The number of ether oxygens (including phenoxy) is 1. The number of carbonyl (C=O) groups excluding carboxylic acids is 5. The molecule has 0 aliphatic carbocycles. The Labute approximate surface area is 337 Å². The van der Waals surface area contributed by atoms with Crippen LogP contribution in [-0.2, 0) is 25.6 Å². The van der Waals surface area contributed by atoms with Gasteiger partial charge in [0.2, 0.25) is 23.7 Å². The molecule has 2 aromatic rings. The number of benzene rings is 1. The van der Waals surface area contributed by atoms with Crippen molar-refractivity contribution in [3.63, 3.8) is 0 Å². The van der Waals surface area contributed by atoms with E-state index in [1.54, 1.807) is 27.1 Å². The van der Waals surface area contributed by atoms with Crippen molar-refractivity contribution in [2.24, 2.45) is 25.7 Å². The molecule has 2 aliphatic heterocycles. The Bertz CT molecular complexity index is 1780. The summed E-state index contributed by atoms with van der Waals surface area (Å²) in [6, 6.07) is 11.9. The maximum absolute atomic E-state index is 11.6. The minimum atomic E-state index is -0.919. The first-order chi connectivity index (χ1) is 27.1. The van der Waals surface area contributed by atoms with Crippen LogP contribution in [0.25, 0.3) is 0 Å². The minimum absolute atomic E-state index is 0.130. The number of carbonyl (C=O) groups is 5. The number of hydrogen-bond donors (Lipinski definition) is 6. The average Bonchev–Trinajstić information content (AvgIpc) is 3.72. The maximum atomic E-state index is 11.6. The highest BCUT2D eigenvalue weighted by molar-refractivity contribution is 8.15. The zero-order valence-electron chi connectivity index (χ0n) is 31.9. The van der Waals surface area contributed by atoms with Crippen molar-refractivity contribution in [2.75, 3.05) is 51.5 Å². The molecule has 2 aliphatic rings. The molecule has 1 aromatic carbocycles. The van der Waals surface area contributed by atoms with Crippen LogP contribution in [0.1, 0.15) is 32.3 Å². The molecule has 21 nitrogen and oxygen atoms in total. The number of pyridine rings is 1. The predicted octanol–water partition coefficient (Wildman–Crippen LogP) is -1.93. The van der Waals surface area contributed by atoms with Crippen LogP contribution in [0.4, 0.5) is 10.6 Å². The van der Waals surface area contributed by atoms with Crippen LogP contribution in [0.15, 0.2) is 68.6 Å². The first kappa shape index (κ1) is 48.9. The number of anilines is 1. The van der Waals surface area contributed by atoms with Gasteiger partial charge in [0.25, 0.3) is 11.1 Å². The quantitative estimate of drug-likeness (QED) is 0.106. The smallest absolute Gasteiger partial charge is 0.286 e. The molecule has 310 valence electrons. The Morgan fingerprint density at radius 3 is 2.18 bits per heavy atom. The monoisotopic (exact) mass is 829 g/mol. The number of nitrogens with one attached hydrogen (secondary N) is 5. The standard InChI is InChI=1S/C18H19N3O3S.C8H16N6O2.C5H10N2O2.C3H3NO2S/c1-21(16-4-2-3-9-19-16)10-11-24-14-7-5-13(6-8-14)12-15-17(22)20-18(23)25-15;1-3-6(15)13-8(16)14-7(10)12-5(9)4-11-2;1-3-4(8)7-5(9)6-2;5-2-1-7-3(6)4-2/h2-9,15H,10-12H2,1H3,(H,20,22,23);11H,3-4H2,1-2H3,(H5,9,10,12,13,14,15,16);3H2,1-2H3,(H2,6,7,8,9);1H2,(H,4,5,6)/p-3. The van der Waals surface area contributed by atoms with Gasteiger partial charge in [0.1, 0.15) is 24.0 Å².